The lowest BCUT2D eigenvalue weighted by Crippen LogP contribution is -2.51. The molecule has 1 unspecified atom stereocenters. The van der Waals surface area contributed by atoms with Crippen LogP contribution in [0.3, 0.4) is 0 Å². The zero-order chi connectivity index (χ0) is 18.3. The van der Waals surface area contributed by atoms with Gasteiger partial charge in [-0.15, -0.1) is 6.58 Å². The molecule has 5 heteroatoms. The first-order valence-corrected chi connectivity index (χ1v) is 9.27. The average Bonchev–Trinajstić information content (AvgIpc) is 2.55. The minimum Gasteiger partial charge on any atom is -0.481 e. The van der Waals surface area contributed by atoms with Gasteiger partial charge in [0, 0.05) is 19.8 Å². The highest BCUT2D eigenvalue weighted by Gasteiger charge is 2.45. The van der Waals surface area contributed by atoms with Crippen LogP contribution in [0.5, 0.6) is 0 Å². The summed E-state index contributed by atoms with van der Waals surface area (Å²) < 4.78 is 17.0. The molecular weight excluding hydrogens is 308 g/mol. The molecule has 0 spiro atoms. The number of ether oxygens (including phenoxy) is 3. The summed E-state index contributed by atoms with van der Waals surface area (Å²) >= 11 is 0. The van der Waals surface area contributed by atoms with Crippen LogP contribution in [0.4, 0.5) is 0 Å². The zero-order valence-electron chi connectivity index (χ0n) is 15.7. The molecule has 0 aromatic heterocycles. The van der Waals surface area contributed by atoms with Crippen molar-refractivity contribution in [2.24, 2.45) is 5.92 Å². The lowest BCUT2D eigenvalue weighted by molar-refractivity contribution is -0.284. The van der Waals surface area contributed by atoms with Crippen LogP contribution in [0.1, 0.15) is 65.7 Å². The molecule has 0 amide bonds. The van der Waals surface area contributed by atoms with Crippen molar-refractivity contribution in [2.45, 2.75) is 71.5 Å². The minimum atomic E-state index is -1.20. The van der Waals surface area contributed by atoms with Crippen molar-refractivity contribution in [1.82, 2.24) is 0 Å². The van der Waals surface area contributed by atoms with Crippen molar-refractivity contribution in [3.05, 3.63) is 12.7 Å². The molecule has 0 aliphatic heterocycles. The van der Waals surface area contributed by atoms with Crippen LogP contribution in [0.15, 0.2) is 12.7 Å². The third-order valence-corrected chi connectivity index (χ3v) is 4.01. The van der Waals surface area contributed by atoms with Gasteiger partial charge in [0.1, 0.15) is 12.5 Å². The van der Waals surface area contributed by atoms with Gasteiger partial charge in [-0.3, -0.25) is 4.79 Å². The van der Waals surface area contributed by atoms with Crippen LogP contribution in [0.2, 0.25) is 0 Å². The second-order valence-electron chi connectivity index (χ2n) is 5.84. The zero-order valence-corrected chi connectivity index (χ0v) is 15.7. The van der Waals surface area contributed by atoms with Gasteiger partial charge in [-0.1, -0.05) is 31.8 Å². The smallest absolute Gasteiger partial charge is 0.312 e. The molecule has 0 aromatic rings. The number of hydrogen-bond acceptors (Lipinski definition) is 4. The Labute approximate surface area is 147 Å². The van der Waals surface area contributed by atoms with Crippen molar-refractivity contribution in [2.75, 3.05) is 26.4 Å². The van der Waals surface area contributed by atoms with E-state index in [1.807, 2.05) is 26.8 Å². The van der Waals surface area contributed by atoms with E-state index in [0.29, 0.717) is 26.2 Å². The third kappa shape index (κ3) is 8.81. The maximum Gasteiger partial charge on any atom is 0.312 e. The summed E-state index contributed by atoms with van der Waals surface area (Å²) in [6, 6.07) is 0. The number of allylic oxidation sites excluding steroid dienone is 1. The number of carboxylic acid groups (broad SMARTS) is 1. The highest BCUT2D eigenvalue weighted by Crippen LogP contribution is 2.30. The van der Waals surface area contributed by atoms with E-state index in [0.717, 1.165) is 38.5 Å². The first kappa shape index (κ1) is 23.1. The lowest BCUT2D eigenvalue weighted by Gasteiger charge is -2.37. The molecule has 0 aliphatic rings. The molecule has 1 N–H and O–H groups in total. The van der Waals surface area contributed by atoms with Crippen molar-refractivity contribution >= 4 is 5.97 Å². The van der Waals surface area contributed by atoms with Crippen LogP contribution in [0.25, 0.3) is 0 Å². The van der Waals surface area contributed by atoms with Gasteiger partial charge in [-0.2, -0.15) is 0 Å². The summed E-state index contributed by atoms with van der Waals surface area (Å²) in [6.45, 7) is 10.7. The second-order valence-corrected chi connectivity index (χ2v) is 5.84. The van der Waals surface area contributed by atoms with Gasteiger partial charge in [0.25, 0.3) is 0 Å². The second kappa shape index (κ2) is 14.4. The Balaban J connectivity index is 4.71. The number of rotatable bonds is 17. The highest BCUT2D eigenvalue weighted by atomic mass is 16.7. The molecule has 0 heterocycles. The predicted molar refractivity (Wildman–Crippen MR) is 96.1 cm³/mol. The van der Waals surface area contributed by atoms with Crippen LogP contribution >= 0.6 is 0 Å². The van der Waals surface area contributed by atoms with Gasteiger partial charge in [0.15, 0.2) is 0 Å². The van der Waals surface area contributed by atoms with Gasteiger partial charge >= 0.3 is 5.97 Å². The van der Waals surface area contributed by atoms with Gasteiger partial charge in [0.2, 0.25) is 5.79 Å². The van der Waals surface area contributed by atoms with Gasteiger partial charge < -0.3 is 19.3 Å². The Bertz CT molecular complexity index is 324. The number of unbranched alkanes of at least 4 members (excludes halogenated alkanes) is 5. The standard InChI is InChI=1S/C19H36O5/c1-5-9-10-11-12-13-14-15-17(18(20)21)19(23-7-3,24-8-4)16-22-6-2/h5,17H,1,6-16H2,2-4H3,(H,20,21). The third-order valence-electron chi connectivity index (χ3n) is 4.01. The van der Waals surface area contributed by atoms with E-state index < -0.39 is 17.7 Å². The SMILES string of the molecule is C=CCCCCCCCC(C(=O)O)C(COCC)(OCC)OCC. The average molecular weight is 344 g/mol. The maximum atomic E-state index is 11.8. The molecule has 1 atom stereocenters. The Morgan fingerprint density at radius 2 is 1.62 bits per heavy atom. The van der Waals surface area contributed by atoms with Gasteiger partial charge in [-0.05, 0) is 40.0 Å². The fraction of sp³-hybridized carbons (Fsp3) is 0.842. The van der Waals surface area contributed by atoms with Crippen LogP contribution in [-0.4, -0.2) is 43.3 Å². The molecule has 0 bridgehead atoms. The predicted octanol–water partition coefficient (Wildman–Crippen LogP) is 4.41. The Morgan fingerprint density at radius 3 is 2.12 bits per heavy atom. The minimum absolute atomic E-state index is 0.140. The van der Waals surface area contributed by atoms with Crippen molar-refractivity contribution in [1.29, 1.82) is 0 Å². The monoisotopic (exact) mass is 344 g/mol. The molecule has 0 saturated carbocycles. The van der Waals surface area contributed by atoms with E-state index in [9.17, 15) is 9.90 Å². The van der Waals surface area contributed by atoms with Crippen molar-refractivity contribution in [3.63, 3.8) is 0 Å². The lowest BCUT2D eigenvalue weighted by atomic mass is 9.91. The van der Waals surface area contributed by atoms with E-state index in [1.54, 1.807) is 0 Å². The molecule has 0 rings (SSSR count). The molecule has 0 saturated heterocycles. The van der Waals surface area contributed by atoms with E-state index in [4.69, 9.17) is 14.2 Å². The first-order chi connectivity index (χ1) is 11.6. The van der Waals surface area contributed by atoms with Crippen molar-refractivity contribution < 1.29 is 24.1 Å². The molecule has 142 valence electrons. The summed E-state index contributed by atoms with van der Waals surface area (Å²) in [5.74, 6) is -2.81. The van der Waals surface area contributed by atoms with E-state index in [-0.39, 0.29) is 6.61 Å². The quantitative estimate of drug-likeness (QED) is 0.240. The summed E-state index contributed by atoms with van der Waals surface area (Å²) in [7, 11) is 0. The molecule has 5 nitrogen and oxygen atoms in total. The van der Waals surface area contributed by atoms with Gasteiger partial charge in [-0.25, -0.2) is 0 Å². The van der Waals surface area contributed by atoms with E-state index >= 15 is 0 Å². The number of aliphatic carboxylic acids is 1. The number of carboxylic acids is 1. The number of hydrogen-bond donors (Lipinski definition) is 1. The summed E-state index contributed by atoms with van der Waals surface area (Å²) in [5.41, 5.74) is 0. The highest BCUT2D eigenvalue weighted by molar-refractivity contribution is 5.71. The summed E-state index contributed by atoms with van der Waals surface area (Å²) in [5, 5.41) is 9.71. The molecular formula is C19H36O5. The normalized spacial score (nSPS) is 13.0. The van der Waals surface area contributed by atoms with Crippen molar-refractivity contribution in [3.8, 4) is 0 Å². The van der Waals surface area contributed by atoms with Crippen LogP contribution in [0, 0.1) is 5.92 Å². The topological polar surface area (TPSA) is 65.0 Å². The molecule has 0 aromatic carbocycles. The van der Waals surface area contributed by atoms with Crippen LogP contribution in [-0.2, 0) is 19.0 Å². The molecule has 0 aliphatic carbocycles. The maximum absolute atomic E-state index is 11.8. The summed E-state index contributed by atoms with van der Waals surface area (Å²) in [4.78, 5) is 11.8. The Kier molecular flexibility index (Phi) is 13.9. The fourth-order valence-corrected chi connectivity index (χ4v) is 2.86. The Morgan fingerprint density at radius 1 is 1.04 bits per heavy atom. The summed E-state index contributed by atoms with van der Waals surface area (Å²) in [6.07, 6.45) is 8.80. The fourth-order valence-electron chi connectivity index (χ4n) is 2.86. The molecule has 0 radical (unpaired) electrons. The van der Waals surface area contributed by atoms with Gasteiger partial charge in [0.05, 0.1) is 0 Å². The van der Waals surface area contributed by atoms with E-state index in [1.165, 1.54) is 0 Å². The Hall–Kier alpha value is -0.910. The molecule has 0 fully saturated rings. The largest absolute Gasteiger partial charge is 0.481 e. The van der Waals surface area contributed by atoms with Crippen LogP contribution < -0.4 is 0 Å². The molecule has 24 heavy (non-hydrogen) atoms. The van der Waals surface area contributed by atoms with E-state index in [2.05, 4.69) is 6.58 Å². The number of carbonyl (C=O) groups is 1. The first-order valence-electron chi connectivity index (χ1n) is 9.27.